The largest absolute Gasteiger partial charge is 0.437 e. The van der Waals surface area contributed by atoms with Crippen LogP contribution in [0.3, 0.4) is 0 Å². The molecule has 32 heavy (non-hydrogen) atoms. The van der Waals surface area contributed by atoms with E-state index in [4.69, 9.17) is 16.3 Å². The molecule has 1 unspecified atom stereocenters. The number of nitrogens with zero attached hydrogens (tertiary/aromatic N) is 6. The van der Waals surface area contributed by atoms with E-state index in [9.17, 15) is 4.79 Å². The average molecular weight is 445 g/mol. The number of carbonyl (C=O) groups excluding carboxylic acids is 1. The molecule has 1 aliphatic heterocycles. The highest BCUT2D eigenvalue weighted by atomic mass is 35.5. The van der Waals surface area contributed by atoms with E-state index in [1.807, 2.05) is 36.4 Å². The molecule has 0 saturated carbocycles. The lowest BCUT2D eigenvalue weighted by atomic mass is 10.1. The molecule has 5 rings (SSSR count). The van der Waals surface area contributed by atoms with Gasteiger partial charge in [-0.3, -0.25) is 19.8 Å². The summed E-state index contributed by atoms with van der Waals surface area (Å²) in [4.78, 5) is 33.4. The number of hydrogen-bond acceptors (Lipinski definition) is 6. The standard InChI is InChI=1S/C23H17ClN6O2/c24-17-4-6-18(7-5-17)30-20(15-29(23(30)31)21-13-25-8-10-27-21)16-2-1-3-19(12-16)32-22-14-26-9-11-28-22/h1-14,20H,15H2. The zero-order valence-corrected chi connectivity index (χ0v) is 17.5. The number of anilines is 2. The van der Waals surface area contributed by atoms with Crippen LogP contribution in [0, 0.1) is 0 Å². The van der Waals surface area contributed by atoms with Gasteiger partial charge in [0.2, 0.25) is 5.88 Å². The van der Waals surface area contributed by atoms with Crippen molar-refractivity contribution in [2.75, 3.05) is 16.3 Å². The van der Waals surface area contributed by atoms with Gasteiger partial charge in [-0.25, -0.2) is 14.8 Å². The van der Waals surface area contributed by atoms with E-state index in [0.717, 1.165) is 11.3 Å². The fourth-order valence-electron chi connectivity index (χ4n) is 3.61. The highest BCUT2D eigenvalue weighted by molar-refractivity contribution is 6.30. The number of urea groups is 1. The van der Waals surface area contributed by atoms with Crippen molar-refractivity contribution >= 4 is 29.1 Å². The molecule has 4 aromatic rings. The Kier molecular flexibility index (Phi) is 5.35. The van der Waals surface area contributed by atoms with E-state index >= 15 is 0 Å². The number of halogens is 1. The minimum atomic E-state index is -0.281. The second-order valence-electron chi connectivity index (χ2n) is 7.04. The molecule has 1 aliphatic rings. The van der Waals surface area contributed by atoms with Gasteiger partial charge >= 0.3 is 6.03 Å². The average Bonchev–Trinajstić information content (AvgIpc) is 3.18. The Labute approximate surface area is 189 Å². The Bertz CT molecular complexity index is 1220. The topological polar surface area (TPSA) is 84.3 Å². The first kappa shape index (κ1) is 19.9. The van der Waals surface area contributed by atoms with Crippen LogP contribution in [0.25, 0.3) is 0 Å². The first-order chi connectivity index (χ1) is 15.7. The molecule has 1 atom stereocenters. The summed E-state index contributed by atoms with van der Waals surface area (Å²) in [5.41, 5.74) is 1.64. The van der Waals surface area contributed by atoms with Crippen molar-refractivity contribution in [2.45, 2.75) is 6.04 Å². The normalized spacial score (nSPS) is 15.8. The molecule has 2 aromatic heterocycles. The lowest BCUT2D eigenvalue weighted by molar-refractivity contribution is 0.255. The molecular formula is C23H17ClN6O2. The van der Waals surface area contributed by atoms with Crippen LogP contribution in [0.2, 0.25) is 5.02 Å². The third kappa shape index (κ3) is 3.95. The number of carbonyl (C=O) groups is 1. The molecule has 2 aromatic carbocycles. The van der Waals surface area contributed by atoms with Crippen LogP contribution >= 0.6 is 11.6 Å². The lowest BCUT2D eigenvalue weighted by Gasteiger charge is -2.24. The van der Waals surface area contributed by atoms with Crippen LogP contribution in [-0.2, 0) is 0 Å². The third-order valence-corrected chi connectivity index (χ3v) is 5.29. The summed E-state index contributed by atoms with van der Waals surface area (Å²) in [6.45, 7) is 0.398. The smallest absolute Gasteiger partial charge is 0.330 e. The molecule has 2 amide bonds. The van der Waals surface area contributed by atoms with Crippen molar-refractivity contribution in [3.05, 3.63) is 96.3 Å². The maximum atomic E-state index is 13.5. The highest BCUT2D eigenvalue weighted by Crippen LogP contribution is 2.37. The number of amides is 2. The van der Waals surface area contributed by atoms with E-state index in [2.05, 4.69) is 19.9 Å². The van der Waals surface area contributed by atoms with Gasteiger partial charge < -0.3 is 4.74 Å². The molecule has 0 aliphatic carbocycles. The molecule has 158 valence electrons. The van der Waals surface area contributed by atoms with Crippen molar-refractivity contribution < 1.29 is 9.53 Å². The first-order valence-corrected chi connectivity index (χ1v) is 10.2. The van der Waals surface area contributed by atoms with Crippen LogP contribution in [0.1, 0.15) is 11.6 Å². The zero-order valence-electron chi connectivity index (χ0n) is 16.7. The molecule has 9 heteroatoms. The van der Waals surface area contributed by atoms with Crippen molar-refractivity contribution in [3.63, 3.8) is 0 Å². The highest BCUT2D eigenvalue weighted by Gasteiger charge is 2.40. The Hall–Kier alpha value is -4.04. The molecule has 8 nitrogen and oxygen atoms in total. The van der Waals surface area contributed by atoms with Gasteiger partial charge in [0.05, 0.1) is 25.0 Å². The predicted molar refractivity (Wildman–Crippen MR) is 120 cm³/mol. The van der Waals surface area contributed by atoms with Gasteiger partial charge in [-0.2, -0.15) is 0 Å². The predicted octanol–water partition coefficient (Wildman–Crippen LogP) is 4.90. The Morgan fingerprint density at radius 2 is 1.72 bits per heavy atom. The number of hydrogen-bond donors (Lipinski definition) is 0. The molecule has 0 N–H and O–H groups in total. The number of benzene rings is 2. The van der Waals surface area contributed by atoms with Crippen LogP contribution < -0.4 is 14.5 Å². The molecular weight excluding hydrogens is 428 g/mol. The fraction of sp³-hybridized carbons (Fsp3) is 0.0870. The van der Waals surface area contributed by atoms with Gasteiger partial charge in [-0.05, 0) is 42.0 Å². The van der Waals surface area contributed by atoms with Gasteiger partial charge in [0.1, 0.15) is 5.75 Å². The van der Waals surface area contributed by atoms with Gasteiger partial charge in [0.25, 0.3) is 0 Å². The van der Waals surface area contributed by atoms with Crippen LogP contribution in [0.4, 0.5) is 16.3 Å². The van der Waals surface area contributed by atoms with E-state index < -0.39 is 0 Å². The Balaban J connectivity index is 1.52. The molecule has 1 saturated heterocycles. The molecule has 0 bridgehead atoms. The van der Waals surface area contributed by atoms with Gasteiger partial charge in [0, 0.05) is 35.5 Å². The van der Waals surface area contributed by atoms with Crippen LogP contribution in [0.15, 0.2) is 85.7 Å². The summed E-state index contributed by atoms with van der Waals surface area (Å²) in [7, 11) is 0. The van der Waals surface area contributed by atoms with E-state index in [1.54, 1.807) is 59.1 Å². The zero-order chi connectivity index (χ0) is 21.9. The number of rotatable bonds is 5. The summed E-state index contributed by atoms with van der Waals surface area (Å²) in [6, 6.07) is 14.3. The minimum absolute atomic E-state index is 0.196. The van der Waals surface area contributed by atoms with Crippen molar-refractivity contribution in [3.8, 4) is 11.6 Å². The lowest BCUT2D eigenvalue weighted by Crippen LogP contribution is -2.32. The van der Waals surface area contributed by atoms with Crippen LogP contribution in [-0.4, -0.2) is 32.5 Å². The monoisotopic (exact) mass is 444 g/mol. The quantitative estimate of drug-likeness (QED) is 0.435. The molecule has 1 fully saturated rings. The summed E-state index contributed by atoms with van der Waals surface area (Å²) in [6.07, 6.45) is 9.41. The van der Waals surface area contributed by atoms with Crippen molar-refractivity contribution in [1.82, 2.24) is 19.9 Å². The van der Waals surface area contributed by atoms with E-state index in [0.29, 0.717) is 29.0 Å². The van der Waals surface area contributed by atoms with Gasteiger partial charge in [-0.15, -0.1) is 0 Å². The molecule has 0 radical (unpaired) electrons. The fourth-order valence-corrected chi connectivity index (χ4v) is 3.73. The second kappa shape index (κ2) is 8.60. The number of aromatic nitrogens is 4. The van der Waals surface area contributed by atoms with Gasteiger partial charge in [-0.1, -0.05) is 23.7 Å². The third-order valence-electron chi connectivity index (χ3n) is 5.04. The van der Waals surface area contributed by atoms with Crippen LogP contribution in [0.5, 0.6) is 11.6 Å². The summed E-state index contributed by atoms with van der Waals surface area (Å²) >= 11 is 6.07. The Morgan fingerprint density at radius 3 is 2.44 bits per heavy atom. The Morgan fingerprint density at radius 1 is 0.938 bits per heavy atom. The summed E-state index contributed by atoms with van der Waals surface area (Å²) in [5, 5.41) is 0.599. The van der Waals surface area contributed by atoms with Crippen molar-refractivity contribution in [1.29, 1.82) is 0 Å². The van der Waals surface area contributed by atoms with E-state index in [-0.39, 0.29) is 12.1 Å². The first-order valence-electron chi connectivity index (χ1n) is 9.85. The second-order valence-corrected chi connectivity index (χ2v) is 7.47. The minimum Gasteiger partial charge on any atom is -0.437 e. The van der Waals surface area contributed by atoms with Gasteiger partial charge in [0.15, 0.2) is 5.82 Å². The van der Waals surface area contributed by atoms with Crippen molar-refractivity contribution in [2.24, 2.45) is 0 Å². The summed E-state index contributed by atoms with van der Waals surface area (Å²) in [5.74, 6) is 1.48. The molecule has 0 spiro atoms. The van der Waals surface area contributed by atoms with E-state index in [1.165, 1.54) is 0 Å². The number of ether oxygens (including phenoxy) is 1. The SMILES string of the molecule is O=C1N(c2cnccn2)CC(c2cccc(Oc3cnccn3)c2)N1c1ccc(Cl)cc1. The molecule has 3 heterocycles. The maximum absolute atomic E-state index is 13.5. The summed E-state index contributed by atoms with van der Waals surface area (Å²) < 4.78 is 5.84. The maximum Gasteiger partial charge on any atom is 0.330 e.